The molecule has 2 heterocycles. The molecule has 0 saturated heterocycles. The van der Waals surface area contributed by atoms with Crippen molar-refractivity contribution in [1.29, 1.82) is 0 Å². The van der Waals surface area contributed by atoms with Gasteiger partial charge in [0.15, 0.2) is 0 Å². The van der Waals surface area contributed by atoms with Gasteiger partial charge in [0.25, 0.3) is 5.79 Å². The zero-order valence-corrected chi connectivity index (χ0v) is 17.0. The normalized spacial score (nSPS) is 18.3. The number of nitrogens with one attached hydrogen (secondary N) is 1. The van der Waals surface area contributed by atoms with Gasteiger partial charge in [-0.2, -0.15) is 0 Å². The van der Waals surface area contributed by atoms with Crippen molar-refractivity contribution in [3.05, 3.63) is 81.2 Å². The highest BCUT2D eigenvalue weighted by Crippen LogP contribution is 2.41. The lowest BCUT2D eigenvalue weighted by molar-refractivity contribution is -0.168. The number of ether oxygens (including phenoxy) is 3. The molecule has 3 aromatic rings. The average molecular weight is 436 g/mol. The Bertz CT molecular complexity index is 1090. The molecule has 28 heavy (non-hydrogen) atoms. The van der Waals surface area contributed by atoms with E-state index in [-0.39, 0.29) is 6.54 Å². The minimum Gasteiger partial charge on any atom is -0.457 e. The van der Waals surface area contributed by atoms with E-state index in [9.17, 15) is 0 Å². The van der Waals surface area contributed by atoms with E-state index in [0.29, 0.717) is 37.6 Å². The molecule has 9 heteroatoms. The summed E-state index contributed by atoms with van der Waals surface area (Å²) in [5.41, 5.74) is 0.641. The fraction of sp³-hybridized carbons (Fsp3) is 0.158. The number of rotatable bonds is 5. The number of allylic oxidation sites excluding steroid dienone is 1. The second-order valence-corrected chi connectivity index (χ2v) is 7.36. The number of aromatic amines is 1. The van der Waals surface area contributed by atoms with Crippen LogP contribution in [0.25, 0.3) is 0 Å². The van der Waals surface area contributed by atoms with E-state index in [4.69, 9.17) is 49.6 Å². The molecule has 0 bridgehead atoms. The summed E-state index contributed by atoms with van der Waals surface area (Å²) in [6.07, 6.45) is 3.06. The van der Waals surface area contributed by atoms with Crippen LogP contribution in [-0.4, -0.2) is 14.8 Å². The lowest BCUT2D eigenvalue weighted by atomic mass is 10.1. The van der Waals surface area contributed by atoms with Gasteiger partial charge in [-0.3, -0.25) is 9.78 Å². The molecule has 0 radical (unpaired) electrons. The number of hydrogen-bond donors (Lipinski definition) is 1. The second kappa shape index (κ2) is 7.50. The van der Waals surface area contributed by atoms with Gasteiger partial charge in [-0.15, -0.1) is 0 Å². The van der Waals surface area contributed by atoms with Crippen molar-refractivity contribution in [2.75, 3.05) is 0 Å². The van der Waals surface area contributed by atoms with Crippen LogP contribution in [0, 0.1) is 4.77 Å². The van der Waals surface area contributed by atoms with E-state index in [0.717, 1.165) is 0 Å². The van der Waals surface area contributed by atoms with E-state index >= 15 is 0 Å². The van der Waals surface area contributed by atoms with Crippen LogP contribution in [0.4, 0.5) is 0 Å². The van der Waals surface area contributed by atoms with Crippen LogP contribution in [0.5, 0.6) is 11.5 Å². The van der Waals surface area contributed by atoms with Crippen molar-refractivity contribution in [3.63, 3.8) is 0 Å². The van der Waals surface area contributed by atoms with Gasteiger partial charge < -0.3 is 14.2 Å². The fourth-order valence-electron chi connectivity index (χ4n) is 2.87. The van der Waals surface area contributed by atoms with E-state index in [1.807, 2.05) is 0 Å². The summed E-state index contributed by atoms with van der Waals surface area (Å²) in [5, 5.41) is 4.02. The van der Waals surface area contributed by atoms with E-state index in [1.54, 1.807) is 60.3 Å². The van der Waals surface area contributed by atoms with Crippen LogP contribution in [-0.2, 0) is 21.8 Å². The number of benzene rings is 2. The van der Waals surface area contributed by atoms with Crippen LogP contribution in [0.3, 0.4) is 0 Å². The van der Waals surface area contributed by atoms with Crippen LogP contribution < -0.4 is 4.74 Å². The van der Waals surface area contributed by atoms with Gasteiger partial charge >= 0.3 is 0 Å². The highest BCUT2D eigenvalue weighted by molar-refractivity contribution is 7.71. The molecule has 1 N–H and O–H groups in total. The number of nitrogens with zero attached hydrogens (tertiary/aromatic N) is 2. The Morgan fingerprint density at radius 1 is 1.18 bits per heavy atom. The van der Waals surface area contributed by atoms with Crippen LogP contribution in [0.1, 0.15) is 12.5 Å². The van der Waals surface area contributed by atoms with Crippen LogP contribution in [0.2, 0.25) is 10.0 Å². The smallest absolute Gasteiger partial charge is 0.298 e. The number of H-pyrrole nitrogens is 1. The molecule has 1 atom stereocenters. The molecule has 0 spiro atoms. The molecular weight excluding hydrogens is 421 g/mol. The molecule has 0 amide bonds. The Morgan fingerprint density at radius 3 is 2.54 bits per heavy atom. The van der Waals surface area contributed by atoms with Gasteiger partial charge in [-0.05, 0) is 61.6 Å². The average Bonchev–Trinajstić information content (AvgIpc) is 3.23. The Hall–Kier alpha value is -2.48. The molecule has 1 unspecified atom stereocenters. The van der Waals surface area contributed by atoms with Gasteiger partial charge in [0.1, 0.15) is 36.4 Å². The molecule has 0 saturated carbocycles. The second-order valence-electron chi connectivity index (χ2n) is 6.15. The summed E-state index contributed by atoms with van der Waals surface area (Å²) in [4.78, 5) is 4.02. The third-order valence-electron chi connectivity index (χ3n) is 4.13. The maximum absolute atomic E-state index is 6.57. The molecule has 0 aliphatic carbocycles. The van der Waals surface area contributed by atoms with Gasteiger partial charge in [-0.1, -0.05) is 23.2 Å². The van der Waals surface area contributed by atoms with Crippen molar-refractivity contribution in [2.45, 2.75) is 19.3 Å². The van der Waals surface area contributed by atoms with Gasteiger partial charge in [0.2, 0.25) is 4.77 Å². The number of hydrogen-bond acceptors (Lipinski definition) is 5. The first-order valence-electron chi connectivity index (χ1n) is 8.32. The van der Waals surface area contributed by atoms with Gasteiger partial charge in [-0.25, -0.2) is 4.98 Å². The quantitative estimate of drug-likeness (QED) is 0.512. The lowest BCUT2D eigenvalue weighted by Crippen LogP contribution is -2.34. The third kappa shape index (κ3) is 3.73. The first kappa shape index (κ1) is 18.9. The largest absolute Gasteiger partial charge is 0.457 e. The lowest BCUT2D eigenvalue weighted by Gasteiger charge is -2.29. The van der Waals surface area contributed by atoms with Crippen LogP contribution >= 0.6 is 35.4 Å². The number of halogens is 2. The SMILES string of the molecule is CC1=COC(Cn2[nH]cnc2=S)(c2ccc(Oc3ccc(Cl)cc3)cc2Cl)O1. The third-order valence-corrected chi connectivity index (χ3v) is 5.02. The molecular formula is C19H15Cl2N3O3S. The summed E-state index contributed by atoms with van der Waals surface area (Å²) in [6.45, 7) is 2.05. The van der Waals surface area contributed by atoms with Crippen molar-refractivity contribution in [1.82, 2.24) is 14.8 Å². The molecule has 1 aliphatic rings. The topological polar surface area (TPSA) is 61.3 Å². The van der Waals surface area contributed by atoms with Crippen molar-refractivity contribution < 1.29 is 14.2 Å². The van der Waals surface area contributed by atoms with E-state index < -0.39 is 5.79 Å². The predicted octanol–water partition coefficient (Wildman–Crippen LogP) is 5.80. The zero-order chi connectivity index (χ0) is 19.7. The monoisotopic (exact) mass is 435 g/mol. The van der Waals surface area contributed by atoms with Gasteiger partial charge in [0, 0.05) is 5.02 Å². The maximum Gasteiger partial charge on any atom is 0.298 e. The van der Waals surface area contributed by atoms with Crippen molar-refractivity contribution in [2.24, 2.45) is 0 Å². The molecule has 2 aromatic carbocycles. The molecule has 0 fully saturated rings. The summed E-state index contributed by atoms with van der Waals surface area (Å²) in [5.74, 6) is 0.693. The molecule has 144 valence electrons. The minimum atomic E-state index is -1.16. The van der Waals surface area contributed by atoms with Crippen molar-refractivity contribution in [3.8, 4) is 11.5 Å². The summed E-state index contributed by atoms with van der Waals surface area (Å²) >= 11 is 17.7. The highest BCUT2D eigenvalue weighted by atomic mass is 35.5. The summed E-state index contributed by atoms with van der Waals surface area (Å²) < 4.78 is 19.7. The Balaban J connectivity index is 1.65. The predicted molar refractivity (Wildman–Crippen MR) is 108 cm³/mol. The summed E-state index contributed by atoms with van der Waals surface area (Å²) in [7, 11) is 0. The first-order valence-corrected chi connectivity index (χ1v) is 9.49. The summed E-state index contributed by atoms with van der Waals surface area (Å²) in [6, 6.07) is 12.4. The van der Waals surface area contributed by atoms with Crippen LogP contribution in [0.15, 0.2) is 60.8 Å². The Kier molecular flexibility index (Phi) is 5.05. The molecule has 1 aliphatic heterocycles. The molecule has 1 aromatic heterocycles. The fourth-order valence-corrected chi connectivity index (χ4v) is 3.48. The van der Waals surface area contributed by atoms with E-state index in [2.05, 4.69) is 10.1 Å². The highest BCUT2D eigenvalue weighted by Gasteiger charge is 2.43. The number of aromatic nitrogens is 3. The zero-order valence-electron chi connectivity index (χ0n) is 14.7. The van der Waals surface area contributed by atoms with Crippen molar-refractivity contribution >= 4 is 35.4 Å². The van der Waals surface area contributed by atoms with Gasteiger partial charge in [0.05, 0.1) is 10.6 Å². The minimum absolute atomic E-state index is 0.247. The molecule has 6 nitrogen and oxygen atoms in total. The first-order chi connectivity index (χ1) is 13.4. The van der Waals surface area contributed by atoms with E-state index in [1.165, 1.54) is 6.33 Å². The Labute approximate surface area is 176 Å². The standard InChI is InChI=1S/C19H15Cl2N3O3S/c1-12-9-25-19(27-12,10-24-18(28)22-11-23-24)16-7-6-15(8-17(16)21)26-14-4-2-13(20)3-5-14/h2-9,11H,10H2,1H3,(H,22,23,28). The maximum atomic E-state index is 6.57. The Morgan fingerprint density at radius 2 is 1.93 bits per heavy atom. The molecule has 4 rings (SSSR count).